The van der Waals surface area contributed by atoms with Crippen molar-refractivity contribution in [3.63, 3.8) is 0 Å². The summed E-state index contributed by atoms with van der Waals surface area (Å²) in [5, 5.41) is 11.7. The molecule has 0 bridgehead atoms. The fraction of sp³-hybridized carbons (Fsp3) is 0.526. The summed E-state index contributed by atoms with van der Waals surface area (Å²) in [6.45, 7) is 5.07. The van der Waals surface area contributed by atoms with E-state index in [0.29, 0.717) is 11.3 Å². The van der Waals surface area contributed by atoms with E-state index >= 15 is 0 Å². The second-order valence-electron chi connectivity index (χ2n) is 7.42. The first-order valence-corrected chi connectivity index (χ1v) is 8.70. The summed E-state index contributed by atoms with van der Waals surface area (Å²) in [5.41, 5.74) is -0.134. The lowest BCUT2D eigenvalue weighted by molar-refractivity contribution is -0.139. The third kappa shape index (κ3) is 6.47. The van der Waals surface area contributed by atoms with Gasteiger partial charge >= 0.3 is 18.0 Å². The summed E-state index contributed by atoms with van der Waals surface area (Å²) < 4.78 is 15.7. The minimum Gasteiger partial charge on any atom is -0.493 e. The van der Waals surface area contributed by atoms with Gasteiger partial charge in [-0.3, -0.25) is 4.79 Å². The first-order valence-electron chi connectivity index (χ1n) is 8.70. The number of carboxylic acid groups (broad SMARTS) is 1. The number of hydrogen-bond donors (Lipinski definition) is 2. The largest absolute Gasteiger partial charge is 0.493 e. The normalized spacial score (nSPS) is 14.8. The number of aliphatic carboxylic acids is 1. The zero-order valence-corrected chi connectivity index (χ0v) is 15.9. The molecule has 0 heterocycles. The van der Waals surface area contributed by atoms with Crippen molar-refractivity contribution in [2.75, 3.05) is 7.11 Å². The molecule has 1 aromatic carbocycles. The fourth-order valence-corrected chi connectivity index (χ4v) is 2.32. The van der Waals surface area contributed by atoms with Crippen molar-refractivity contribution in [3.05, 3.63) is 23.8 Å². The Labute approximate surface area is 157 Å². The van der Waals surface area contributed by atoms with Crippen LogP contribution < -0.4 is 14.8 Å². The Bertz CT molecular complexity index is 719. The first-order chi connectivity index (χ1) is 12.6. The highest BCUT2D eigenvalue weighted by Crippen LogP contribution is 2.34. The van der Waals surface area contributed by atoms with Crippen LogP contribution in [0.1, 0.15) is 39.2 Å². The van der Waals surface area contributed by atoms with Crippen LogP contribution in [-0.4, -0.2) is 41.9 Å². The van der Waals surface area contributed by atoms with Gasteiger partial charge in [-0.1, -0.05) is 6.07 Å². The number of carboxylic acids is 1. The second-order valence-corrected chi connectivity index (χ2v) is 7.42. The van der Waals surface area contributed by atoms with Gasteiger partial charge in [-0.2, -0.15) is 0 Å². The Morgan fingerprint density at radius 3 is 2.41 bits per heavy atom. The van der Waals surface area contributed by atoms with Gasteiger partial charge < -0.3 is 24.6 Å². The monoisotopic (exact) mass is 379 g/mol. The van der Waals surface area contributed by atoms with Crippen molar-refractivity contribution in [2.45, 2.75) is 51.7 Å². The molecule has 8 heteroatoms. The molecule has 1 atom stereocenters. The van der Waals surface area contributed by atoms with Crippen molar-refractivity contribution in [1.29, 1.82) is 0 Å². The quantitative estimate of drug-likeness (QED) is 0.553. The van der Waals surface area contributed by atoms with Gasteiger partial charge in [0, 0.05) is 6.42 Å². The molecule has 0 saturated heterocycles. The number of rotatable bonds is 7. The number of methoxy groups -OCH3 is 1. The number of nitrogens with one attached hydrogen (secondary N) is 1. The molecule has 2 rings (SSSR count). The third-order valence-corrected chi connectivity index (χ3v) is 3.78. The molecule has 1 aliphatic rings. The van der Waals surface area contributed by atoms with Crippen LogP contribution >= 0.6 is 0 Å². The number of alkyl carbamates (subject to hydrolysis) is 1. The Morgan fingerprint density at radius 2 is 1.89 bits per heavy atom. The molecule has 27 heavy (non-hydrogen) atoms. The topological polar surface area (TPSA) is 111 Å². The Hall–Kier alpha value is -2.77. The number of amides is 1. The maximum absolute atomic E-state index is 11.9. The summed E-state index contributed by atoms with van der Waals surface area (Å²) in [4.78, 5) is 35.1. The molecule has 0 radical (unpaired) electrons. The molecular weight excluding hydrogens is 354 g/mol. The van der Waals surface area contributed by atoms with Gasteiger partial charge in [0.25, 0.3) is 0 Å². The molecule has 1 aromatic rings. The van der Waals surface area contributed by atoms with E-state index in [4.69, 9.17) is 14.2 Å². The summed E-state index contributed by atoms with van der Waals surface area (Å²) in [6, 6.07) is 3.60. The van der Waals surface area contributed by atoms with E-state index in [2.05, 4.69) is 5.32 Å². The van der Waals surface area contributed by atoms with E-state index in [9.17, 15) is 19.5 Å². The SMILES string of the molecule is COc1cc(CC(NC(=O)OC(C)(C)C)C(=O)O)ccc1OC(=O)C1CC1. The molecule has 1 aliphatic carbocycles. The van der Waals surface area contributed by atoms with Crippen LogP contribution in [0.3, 0.4) is 0 Å². The fourth-order valence-electron chi connectivity index (χ4n) is 2.32. The number of carbonyl (C=O) groups excluding carboxylic acids is 2. The van der Waals surface area contributed by atoms with E-state index < -0.39 is 23.7 Å². The van der Waals surface area contributed by atoms with Gasteiger partial charge in [-0.15, -0.1) is 0 Å². The molecule has 0 aromatic heterocycles. The number of benzene rings is 1. The van der Waals surface area contributed by atoms with Crippen LogP contribution in [0.25, 0.3) is 0 Å². The lowest BCUT2D eigenvalue weighted by Gasteiger charge is -2.22. The maximum atomic E-state index is 11.9. The highest BCUT2D eigenvalue weighted by Gasteiger charge is 2.32. The molecule has 0 spiro atoms. The molecule has 1 fully saturated rings. The van der Waals surface area contributed by atoms with E-state index in [1.54, 1.807) is 39.0 Å². The van der Waals surface area contributed by atoms with E-state index in [0.717, 1.165) is 12.8 Å². The molecule has 148 valence electrons. The second kappa shape index (κ2) is 8.28. The molecule has 2 N–H and O–H groups in total. The van der Waals surface area contributed by atoms with Gasteiger partial charge in [-0.05, 0) is 51.3 Å². The number of carbonyl (C=O) groups is 3. The molecular formula is C19H25NO7. The van der Waals surface area contributed by atoms with Gasteiger partial charge in [0.1, 0.15) is 11.6 Å². The van der Waals surface area contributed by atoms with Gasteiger partial charge in [0.2, 0.25) is 0 Å². The number of esters is 1. The summed E-state index contributed by atoms with van der Waals surface area (Å²) >= 11 is 0. The van der Waals surface area contributed by atoms with Gasteiger partial charge in [0.05, 0.1) is 13.0 Å². The Kier molecular flexibility index (Phi) is 6.30. The molecule has 1 amide bonds. The average molecular weight is 379 g/mol. The van der Waals surface area contributed by atoms with Crippen LogP contribution in [0, 0.1) is 5.92 Å². The highest BCUT2D eigenvalue weighted by molar-refractivity contribution is 5.80. The first kappa shape index (κ1) is 20.5. The zero-order valence-electron chi connectivity index (χ0n) is 15.9. The van der Waals surface area contributed by atoms with Crippen LogP contribution in [0.2, 0.25) is 0 Å². The average Bonchev–Trinajstić information content (AvgIpc) is 3.38. The molecule has 1 unspecified atom stereocenters. The van der Waals surface area contributed by atoms with Gasteiger partial charge in [0.15, 0.2) is 11.5 Å². The Morgan fingerprint density at radius 1 is 1.22 bits per heavy atom. The van der Waals surface area contributed by atoms with Crippen LogP contribution in [-0.2, 0) is 20.7 Å². The molecule has 0 aliphatic heterocycles. The minimum atomic E-state index is -1.19. The van der Waals surface area contributed by atoms with Crippen molar-refractivity contribution < 1.29 is 33.7 Å². The predicted molar refractivity (Wildman–Crippen MR) is 95.9 cm³/mol. The van der Waals surface area contributed by atoms with E-state index in [-0.39, 0.29) is 24.1 Å². The number of hydrogen-bond acceptors (Lipinski definition) is 6. The molecule has 1 saturated carbocycles. The van der Waals surface area contributed by atoms with E-state index in [1.165, 1.54) is 7.11 Å². The smallest absolute Gasteiger partial charge is 0.408 e. The van der Waals surface area contributed by atoms with Crippen LogP contribution in [0.5, 0.6) is 11.5 Å². The summed E-state index contributed by atoms with van der Waals surface area (Å²) in [6.07, 6.45) is 0.866. The van der Waals surface area contributed by atoms with Crippen molar-refractivity contribution >= 4 is 18.0 Å². The lowest BCUT2D eigenvalue weighted by Crippen LogP contribution is -2.44. The van der Waals surface area contributed by atoms with Crippen LogP contribution in [0.4, 0.5) is 4.79 Å². The predicted octanol–water partition coefficient (Wildman–Crippen LogP) is 2.53. The number of ether oxygens (including phenoxy) is 3. The minimum absolute atomic E-state index is 0.0157. The lowest BCUT2D eigenvalue weighted by atomic mass is 10.1. The summed E-state index contributed by atoms with van der Waals surface area (Å²) in [7, 11) is 1.43. The maximum Gasteiger partial charge on any atom is 0.408 e. The van der Waals surface area contributed by atoms with Crippen molar-refractivity contribution in [2.24, 2.45) is 5.92 Å². The molecule has 8 nitrogen and oxygen atoms in total. The van der Waals surface area contributed by atoms with E-state index in [1.807, 2.05) is 0 Å². The van der Waals surface area contributed by atoms with Crippen LogP contribution in [0.15, 0.2) is 18.2 Å². The third-order valence-electron chi connectivity index (χ3n) is 3.78. The Balaban J connectivity index is 2.07. The van der Waals surface area contributed by atoms with Crippen molar-refractivity contribution in [1.82, 2.24) is 5.32 Å². The van der Waals surface area contributed by atoms with Crippen molar-refractivity contribution in [3.8, 4) is 11.5 Å². The van der Waals surface area contributed by atoms with Gasteiger partial charge in [-0.25, -0.2) is 9.59 Å². The summed E-state index contributed by atoms with van der Waals surface area (Å²) in [5.74, 6) is -0.933. The highest BCUT2D eigenvalue weighted by atomic mass is 16.6. The standard InChI is InChI=1S/C19H25NO7/c1-19(2,3)27-18(24)20-13(16(21)22)9-11-5-8-14(15(10-11)25-4)26-17(23)12-6-7-12/h5,8,10,12-13H,6-7,9H2,1-4H3,(H,20,24)(H,21,22). The zero-order chi connectivity index (χ0) is 20.2.